The molecule has 0 aliphatic carbocycles. The molecular formula is C15H15NO5. The van der Waals surface area contributed by atoms with E-state index in [1.165, 1.54) is 13.2 Å². The monoisotopic (exact) mass is 289 g/mol. The molecular weight excluding hydrogens is 274 g/mol. The van der Waals surface area contributed by atoms with E-state index in [-0.39, 0.29) is 5.56 Å². The number of fused-ring (bicyclic) bond motifs is 1. The molecule has 0 unspecified atom stereocenters. The van der Waals surface area contributed by atoms with Gasteiger partial charge in [-0.05, 0) is 24.3 Å². The molecule has 0 fully saturated rings. The number of ether oxygens (including phenoxy) is 2. The van der Waals surface area contributed by atoms with Crippen LogP contribution in [0.5, 0.6) is 11.5 Å². The van der Waals surface area contributed by atoms with Crippen molar-refractivity contribution in [2.45, 2.75) is 13.1 Å². The number of carboxylic acid groups (broad SMARTS) is 1. The Kier molecular flexibility index (Phi) is 3.53. The van der Waals surface area contributed by atoms with Crippen LogP contribution in [0.3, 0.4) is 0 Å². The van der Waals surface area contributed by atoms with Gasteiger partial charge in [0.1, 0.15) is 12.5 Å². The zero-order valence-electron chi connectivity index (χ0n) is 11.5. The van der Waals surface area contributed by atoms with Gasteiger partial charge in [0.25, 0.3) is 0 Å². The summed E-state index contributed by atoms with van der Waals surface area (Å²) in [7, 11) is 1.50. The van der Waals surface area contributed by atoms with Gasteiger partial charge in [-0.15, -0.1) is 0 Å². The quantitative estimate of drug-likeness (QED) is 0.931. The van der Waals surface area contributed by atoms with Crippen molar-refractivity contribution in [2.75, 3.05) is 13.8 Å². The van der Waals surface area contributed by atoms with Crippen LogP contribution in [0.2, 0.25) is 0 Å². The lowest BCUT2D eigenvalue weighted by Gasteiger charge is -2.29. The normalized spacial score (nSPS) is 14.3. The first-order valence-electron chi connectivity index (χ1n) is 6.49. The molecule has 6 heteroatoms. The molecule has 0 amide bonds. The molecule has 2 aromatic rings. The van der Waals surface area contributed by atoms with Crippen LogP contribution in [0, 0.1) is 0 Å². The van der Waals surface area contributed by atoms with E-state index in [0.29, 0.717) is 31.3 Å². The molecule has 110 valence electrons. The van der Waals surface area contributed by atoms with Gasteiger partial charge in [-0.2, -0.15) is 0 Å². The molecule has 1 aromatic heterocycles. The number of benzene rings is 1. The third-order valence-corrected chi connectivity index (χ3v) is 3.34. The van der Waals surface area contributed by atoms with E-state index in [0.717, 1.165) is 11.3 Å². The smallest absolute Gasteiger partial charge is 0.335 e. The van der Waals surface area contributed by atoms with E-state index in [1.807, 2.05) is 17.0 Å². The number of rotatable bonds is 4. The lowest BCUT2D eigenvalue weighted by Crippen LogP contribution is -2.31. The number of furan rings is 1. The zero-order valence-corrected chi connectivity index (χ0v) is 11.5. The minimum Gasteiger partial charge on any atom is -0.493 e. The summed E-state index contributed by atoms with van der Waals surface area (Å²) in [4.78, 5) is 13.2. The highest BCUT2D eigenvalue weighted by Crippen LogP contribution is 2.36. The third-order valence-electron chi connectivity index (χ3n) is 3.34. The van der Waals surface area contributed by atoms with Gasteiger partial charge in [0.15, 0.2) is 11.5 Å². The lowest BCUT2D eigenvalue weighted by molar-refractivity contribution is 0.0689. The Hall–Kier alpha value is -2.47. The first kappa shape index (κ1) is 13.5. The second-order valence-corrected chi connectivity index (χ2v) is 4.81. The Morgan fingerprint density at radius 3 is 3.00 bits per heavy atom. The predicted octanol–water partition coefficient (Wildman–Crippen LogP) is 2.34. The molecule has 0 saturated carbocycles. The fourth-order valence-electron chi connectivity index (χ4n) is 2.38. The molecule has 0 saturated heterocycles. The number of carboxylic acids is 1. The molecule has 2 heterocycles. The summed E-state index contributed by atoms with van der Waals surface area (Å²) in [6, 6.07) is 6.82. The third kappa shape index (κ3) is 2.71. The molecule has 0 radical (unpaired) electrons. The summed E-state index contributed by atoms with van der Waals surface area (Å²) >= 11 is 0. The summed E-state index contributed by atoms with van der Waals surface area (Å²) in [6.07, 6.45) is 1.62. The molecule has 1 aliphatic heterocycles. The Morgan fingerprint density at radius 1 is 1.48 bits per heavy atom. The Balaban J connectivity index is 1.87. The molecule has 0 atom stereocenters. The van der Waals surface area contributed by atoms with Gasteiger partial charge in [0.2, 0.25) is 0 Å². The van der Waals surface area contributed by atoms with E-state index < -0.39 is 5.97 Å². The van der Waals surface area contributed by atoms with Crippen molar-refractivity contribution in [3.05, 3.63) is 47.4 Å². The minimum atomic E-state index is -0.987. The second-order valence-electron chi connectivity index (χ2n) is 4.81. The molecule has 3 rings (SSSR count). The van der Waals surface area contributed by atoms with Crippen LogP contribution in [0.15, 0.2) is 34.9 Å². The van der Waals surface area contributed by atoms with E-state index in [1.54, 1.807) is 12.3 Å². The van der Waals surface area contributed by atoms with Crippen LogP contribution in [-0.2, 0) is 13.1 Å². The maximum atomic E-state index is 11.2. The largest absolute Gasteiger partial charge is 0.493 e. The topological polar surface area (TPSA) is 72.1 Å². The maximum Gasteiger partial charge on any atom is 0.335 e. The van der Waals surface area contributed by atoms with E-state index in [2.05, 4.69) is 0 Å². The lowest BCUT2D eigenvalue weighted by atomic mass is 10.1. The summed E-state index contributed by atoms with van der Waals surface area (Å²) in [5, 5.41) is 9.15. The van der Waals surface area contributed by atoms with E-state index >= 15 is 0 Å². The first-order chi connectivity index (χ1) is 10.2. The van der Waals surface area contributed by atoms with Gasteiger partial charge < -0.3 is 19.0 Å². The van der Waals surface area contributed by atoms with Crippen LogP contribution in [0.4, 0.5) is 0 Å². The average Bonchev–Trinajstić information content (AvgIpc) is 2.98. The number of methoxy groups -OCH3 is 1. The fourth-order valence-corrected chi connectivity index (χ4v) is 2.38. The maximum absolute atomic E-state index is 11.2. The van der Waals surface area contributed by atoms with Crippen molar-refractivity contribution in [3.63, 3.8) is 0 Å². The Bertz CT molecular complexity index is 650. The Morgan fingerprint density at radius 2 is 2.33 bits per heavy atom. The molecule has 1 aliphatic rings. The highest BCUT2D eigenvalue weighted by Gasteiger charge is 2.23. The fraction of sp³-hybridized carbons (Fsp3) is 0.267. The van der Waals surface area contributed by atoms with Crippen LogP contribution < -0.4 is 9.47 Å². The van der Waals surface area contributed by atoms with Crippen LogP contribution in [0.25, 0.3) is 0 Å². The molecule has 0 bridgehead atoms. The van der Waals surface area contributed by atoms with Gasteiger partial charge in [0.05, 0.1) is 25.5 Å². The van der Waals surface area contributed by atoms with Crippen LogP contribution >= 0.6 is 0 Å². The number of aromatic carboxylic acids is 1. The summed E-state index contributed by atoms with van der Waals surface area (Å²) in [5.41, 5.74) is 0.985. The summed E-state index contributed by atoms with van der Waals surface area (Å²) in [6.45, 7) is 1.58. The number of hydrogen-bond donors (Lipinski definition) is 1. The van der Waals surface area contributed by atoms with Gasteiger partial charge >= 0.3 is 5.97 Å². The van der Waals surface area contributed by atoms with Crippen molar-refractivity contribution in [2.24, 2.45) is 0 Å². The average molecular weight is 289 g/mol. The highest BCUT2D eigenvalue weighted by molar-refractivity contribution is 5.89. The van der Waals surface area contributed by atoms with E-state index in [9.17, 15) is 4.79 Å². The van der Waals surface area contributed by atoms with Crippen molar-refractivity contribution < 1.29 is 23.8 Å². The summed E-state index contributed by atoms with van der Waals surface area (Å²) in [5.74, 6) is 0.906. The molecule has 21 heavy (non-hydrogen) atoms. The van der Waals surface area contributed by atoms with Crippen molar-refractivity contribution in [1.29, 1.82) is 0 Å². The number of hydrogen-bond acceptors (Lipinski definition) is 5. The van der Waals surface area contributed by atoms with Gasteiger partial charge in [-0.1, -0.05) is 0 Å². The van der Waals surface area contributed by atoms with E-state index in [4.69, 9.17) is 19.0 Å². The predicted molar refractivity (Wildman–Crippen MR) is 73.4 cm³/mol. The van der Waals surface area contributed by atoms with Crippen LogP contribution in [-0.4, -0.2) is 29.8 Å². The Labute approximate surface area is 121 Å². The first-order valence-corrected chi connectivity index (χ1v) is 6.49. The van der Waals surface area contributed by atoms with Crippen molar-refractivity contribution >= 4 is 5.97 Å². The standard InChI is InChI=1S/C15H15NO5/c1-19-13-6-10(15(17)18)5-11-7-16(9-21-14(11)13)8-12-3-2-4-20-12/h2-6H,7-9H2,1H3,(H,17,18). The molecule has 0 spiro atoms. The molecule has 6 nitrogen and oxygen atoms in total. The summed E-state index contributed by atoms with van der Waals surface area (Å²) < 4.78 is 16.2. The van der Waals surface area contributed by atoms with Gasteiger partial charge in [0, 0.05) is 12.1 Å². The van der Waals surface area contributed by atoms with Crippen molar-refractivity contribution in [3.8, 4) is 11.5 Å². The van der Waals surface area contributed by atoms with Crippen molar-refractivity contribution in [1.82, 2.24) is 4.90 Å². The number of nitrogens with zero attached hydrogens (tertiary/aromatic N) is 1. The zero-order chi connectivity index (χ0) is 14.8. The highest BCUT2D eigenvalue weighted by atomic mass is 16.5. The second kappa shape index (κ2) is 5.49. The van der Waals surface area contributed by atoms with Gasteiger partial charge in [-0.3, -0.25) is 4.90 Å². The minimum absolute atomic E-state index is 0.189. The SMILES string of the molecule is COc1cc(C(=O)O)cc2c1OCN(Cc1ccco1)C2. The number of carbonyl (C=O) groups is 1. The van der Waals surface area contributed by atoms with Gasteiger partial charge in [-0.25, -0.2) is 4.79 Å². The molecule has 1 aromatic carbocycles. The molecule has 1 N–H and O–H groups in total. The van der Waals surface area contributed by atoms with Crippen LogP contribution in [0.1, 0.15) is 21.7 Å².